The van der Waals surface area contributed by atoms with Gasteiger partial charge in [0.2, 0.25) is 0 Å². The zero-order valence-corrected chi connectivity index (χ0v) is 10.1. The Balaban J connectivity index is 2.20. The predicted octanol–water partition coefficient (Wildman–Crippen LogP) is 2.83. The van der Waals surface area contributed by atoms with E-state index in [4.69, 9.17) is 5.73 Å². The van der Waals surface area contributed by atoms with E-state index in [9.17, 15) is 0 Å². The molecular formula is C12H13N3S. The van der Waals surface area contributed by atoms with Gasteiger partial charge in [0.1, 0.15) is 0 Å². The third-order valence-electron chi connectivity index (χ3n) is 2.34. The fourth-order valence-electron chi connectivity index (χ4n) is 1.26. The van der Waals surface area contributed by atoms with Crippen molar-refractivity contribution < 1.29 is 0 Å². The molecule has 3 nitrogen and oxygen atoms in total. The molecule has 2 N–H and O–H groups in total. The Morgan fingerprint density at radius 3 is 2.38 bits per heavy atom. The van der Waals surface area contributed by atoms with Gasteiger partial charge in [-0.1, -0.05) is 6.07 Å². The van der Waals surface area contributed by atoms with Gasteiger partial charge in [0, 0.05) is 4.90 Å². The van der Waals surface area contributed by atoms with Crippen LogP contribution in [0.5, 0.6) is 0 Å². The molecule has 2 aromatic rings. The van der Waals surface area contributed by atoms with Crippen molar-refractivity contribution in [3.8, 4) is 0 Å². The van der Waals surface area contributed by atoms with E-state index >= 15 is 0 Å². The molecule has 0 saturated heterocycles. The molecule has 16 heavy (non-hydrogen) atoms. The summed E-state index contributed by atoms with van der Waals surface area (Å²) in [7, 11) is 0. The van der Waals surface area contributed by atoms with Gasteiger partial charge in [0.15, 0.2) is 5.16 Å². The number of aryl methyl sites for hydroxylation is 2. The summed E-state index contributed by atoms with van der Waals surface area (Å²) in [5.74, 6) is 0. The lowest BCUT2D eigenvalue weighted by Crippen LogP contribution is -1.90. The summed E-state index contributed by atoms with van der Waals surface area (Å²) in [5.41, 5.74) is 8.69. The largest absolute Gasteiger partial charge is 0.396 e. The van der Waals surface area contributed by atoms with Crippen LogP contribution in [-0.4, -0.2) is 9.97 Å². The van der Waals surface area contributed by atoms with Gasteiger partial charge in [0.25, 0.3) is 0 Å². The van der Waals surface area contributed by atoms with Crippen molar-refractivity contribution in [3.63, 3.8) is 0 Å². The highest BCUT2D eigenvalue weighted by Crippen LogP contribution is 2.26. The minimum absolute atomic E-state index is 0.587. The minimum Gasteiger partial charge on any atom is -0.396 e. The number of nitrogen functional groups attached to an aromatic ring is 1. The Labute approximate surface area is 99.1 Å². The number of nitrogens with two attached hydrogens (primary N) is 1. The normalized spacial score (nSPS) is 10.4. The van der Waals surface area contributed by atoms with Crippen molar-refractivity contribution >= 4 is 17.4 Å². The molecule has 0 unspecified atom stereocenters. The number of hydrogen-bond acceptors (Lipinski definition) is 4. The third-order valence-corrected chi connectivity index (χ3v) is 3.22. The van der Waals surface area contributed by atoms with E-state index in [1.165, 1.54) is 11.1 Å². The lowest BCUT2D eigenvalue weighted by atomic mass is 10.1. The fourth-order valence-corrected chi connectivity index (χ4v) is 2.06. The minimum atomic E-state index is 0.587. The first kappa shape index (κ1) is 11.0. The van der Waals surface area contributed by atoms with Crippen LogP contribution in [0.25, 0.3) is 0 Å². The summed E-state index contributed by atoms with van der Waals surface area (Å²) in [6.07, 6.45) is 3.24. The Morgan fingerprint density at radius 2 is 1.75 bits per heavy atom. The molecule has 0 saturated carbocycles. The van der Waals surface area contributed by atoms with Gasteiger partial charge in [-0.2, -0.15) is 0 Å². The summed E-state index contributed by atoms with van der Waals surface area (Å²) in [4.78, 5) is 9.45. The van der Waals surface area contributed by atoms with E-state index in [2.05, 4.69) is 42.0 Å². The maximum Gasteiger partial charge on any atom is 0.192 e. The van der Waals surface area contributed by atoms with Crippen LogP contribution in [0.1, 0.15) is 11.1 Å². The molecule has 0 fully saturated rings. The van der Waals surface area contributed by atoms with Gasteiger partial charge in [-0.25, -0.2) is 9.97 Å². The van der Waals surface area contributed by atoms with Crippen molar-refractivity contribution in [2.24, 2.45) is 0 Å². The van der Waals surface area contributed by atoms with Crippen LogP contribution >= 0.6 is 11.8 Å². The number of nitrogens with zero attached hydrogens (tertiary/aromatic N) is 2. The first-order valence-corrected chi connectivity index (χ1v) is 5.79. The molecule has 1 aromatic heterocycles. The number of hydrogen-bond donors (Lipinski definition) is 1. The van der Waals surface area contributed by atoms with Gasteiger partial charge in [-0.3, -0.25) is 0 Å². The Morgan fingerprint density at radius 1 is 1.06 bits per heavy atom. The second-order valence-corrected chi connectivity index (χ2v) is 4.69. The Bertz CT molecular complexity index is 494. The predicted molar refractivity (Wildman–Crippen MR) is 66.5 cm³/mol. The van der Waals surface area contributed by atoms with Crippen LogP contribution in [0.3, 0.4) is 0 Å². The molecule has 2 rings (SSSR count). The maximum atomic E-state index is 5.53. The Hall–Kier alpha value is -1.55. The van der Waals surface area contributed by atoms with Crippen LogP contribution in [-0.2, 0) is 0 Å². The van der Waals surface area contributed by atoms with Gasteiger partial charge >= 0.3 is 0 Å². The molecule has 0 amide bonds. The molecule has 0 aliphatic carbocycles. The van der Waals surface area contributed by atoms with E-state index in [0.717, 1.165) is 10.1 Å². The van der Waals surface area contributed by atoms with Crippen LogP contribution in [0.2, 0.25) is 0 Å². The molecule has 0 atom stereocenters. The van der Waals surface area contributed by atoms with Gasteiger partial charge in [-0.15, -0.1) is 0 Å². The van der Waals surface area contributed by atoms with Gasteiger partial charge in [-0.05, 0) is 48.9 Å². The van der Waals surface area contributed by atoms with E-state index in [-0.39, 0.29) is 0 Å². The number of aromatic nitrogens is 2. The van der Waals surface area contributed by atoms with Crippen LogP contribution in [0.15, 0.2) is 40.6 Å². The van der Waals surface area contributed by atoms with E-state index in [0.29, 0.717) is 5.69 Å². The summed E-state index contributed by atoms with van der Waals surface area (Å²) in [5, 5.41) is 0.720. The van der Waals surface area contributed by atoms with Gasteiger partial charge in [0.05, 0.1) is 18.1 Å². The number of benzene rings is 1. The highest BCUT2D eigenvalue weighted by Gasteiger charge is 2.01. The Kier molecular flexibility index (Phi) is 3.10. The highest BCUT2D eigenvalue weighted by atomic mass is 32.2. The number of rotatable bonds is 2. The fraction of sp³-hybridized carbons (Fsp3) is 0.167. The molecule has 0 spiro atoms. The second kappa shape index (κ2) is 4.53. The standard InChI is InChI=1S/C12H13N3S/c1-8-3-4-11(5-9(8)2)16-12-14-6-10(13)7-15-12/h3-7H,13H2,1-2H3. The average molecular weight is 231 g/mol. The van der Waals surface area contributed by atoms with Crippen LogP contribution < -0.4 is 5.73 Å². The zero-order valence-electron chi connectivity index (χ0n) is 9.27. The van der Waals surface area contributed by atoms with Gasteiger partial charge < -0.3 is 5.73 Å². The molecule has 82 valence electrons. The molecule has 0 aliphatic heterocycles. The zero-order chi connectivity index (χ0) is 11.5. The lowest BCUT2D eigenvalue weighted by molar-refractivity contribution is 0.970. The number of anilines is 1. The summed E-state index contributed by atoms with van der Waals surface area (Å²) in [6.45, 7) is 4.20. The third kappa shape index (κ3) is 2.52. The van der Waals surface area contributed by atoms with Crippen molar-refractivity contribution in [2.45, 2.75) is 23.9 Å². The summed E-state index contributed by atoms with van der Waals surface area (Å²) >= 11 is 1.54. The van der Waals surface area contributed by atoms with Crippen LogP contribution in [0, 0.1) is 13.8 Å². The molecule has 1 aromatic carbocycles. The topological polar surface area (TPSA) is 51.8 Å². The molecule has 0 aliphatic rings. The van der Waals surface area contributed by atoms with Crippen molar-refractivity contribution in [1.82, 2.24) is 9.97 Å². The average Bonchev–Trinajstić information content (AvgIpc) is 2.27. The first-order valence-electron chi connectivity index (χ1n) is 4.98. The maximum absolute atomic E-state index is 5.53. The van der Waals surface area contributed by atoms with Crippen molar-refractivity contribution in [2.75, 3.05) is 5.73 Å². The lowest BCUT2D eigenvalue weighted by Gasteiger charge is -2.03. The first-order chi connectivity index (χ1) is 7.65. The smallest absolute Gasteiger partial charge is 0.192 e. The highest BCUT2D eigenvalue weighted by molar-refractivity contribution is 7.99. The molecule has 1 heterocycles. The van der Waals surface area contributed by atoms with Crippen molar-refractivity contribution in [1.29, 1.82) is 0 Å². The summed E-state index contributed by atoms with van der Waals surface area (Å²) in [6, 6.07) is 6.32. The SMILES string of the molecule is Cc1ccc(Sc2ncc(N)cn2)cc1C. The van der Waals surface area contributed by atoms with E-state index < -0.39 is 0 Å². The molecule has 0 bridgehead atoms. The van der Waals surface area contributed by atoms with E-state index in [1.54, 1.807) is 24.2 Å². The molecule has 4 heteroatoms. The summed E-state index contributed by atoms with van der Waals surface area (Å²) < 4.78 is 0. The molecular weight excluding hydrogens is 218 g/mol. The van der Waals surface area contributed by atoms with Crippen LogP contribution in [0.4, 0.5) is 5.69 Å². The van der Waals surface area contributed by atoms with Crippen molar-refractivity contribution in [3.05, 3.63) is 41.7 Å². The monoisotopic (exact) mass is 231 g/mol. The quantitative estimate of drug-likeness (QED) is 0.807. The molecule has 0 radical (unpaired) electrons. The second-order valence-electron chi connectivity index (χ2n) is 3.65. The van der Waals surface area contributed by atoms with E-state index in [1.807, 2.05) is 0 Å².